The second-order valence-electron chi connectivity index (χ2n) is 9.20. The van der Waals surface area contributed by atoms with E-state index in [0.29, 0.717) is 22.7 Å². The maximum Gasteiger partial charge on any atom is 0.272 e. The van der Waals surface area contributed by atoms with Crippen molar-refractivity contribution in [3.63, 3.8) is 0 Å². The third kappa shape index (κ3) is 5.82. The van der Waals surface area contributed by atoms with Gasteiger partial charge in [0.2, 0.25) is 18.0 Å². The molecule has 0 fully saturated rings. The lowest BCUT2D eigenvalue weighted by Gasteiger charge is -2.27. The molecule has 0 radical (unpaired) electrons. The van der Waals surface area contributed by atoms with E-state index in [1.54, 1.807) is 43.4 Å². The molecule has 36 heavy (non-hydrogen) atoms. The third-order valence-corrected chi connectivity index (χ3v) is 6.37. The Morgan fingerprint density at radius 1 is 1.22 bits per heavy atom. The quantitative estimate of drug-likeness (QED) is 0.495. The minimum absolute atomic E-state index is 0.0730. The van der Waals surface area contributed by atoms with E-state index in [0.717, 1.165) is 0 Å². The van der Waals surface area contributed by atoms with Crippen LogP contribution in [0.15, 0.2) is 60.1 Å². The van der Waals surface area contributed by atoms with Crippen molar-refractivity contribution >= 4 is 40.7 Å². The number of anilines is 1. The van der Waals surface area contributed by atoms with E-state index in [1.807, 2.05) is 13.8 Å². The van der Waals surface area contributed by atoms with Gasteiger partial charge >= 0.3 is 0 Å². The first-order chi connectivity index (χ1) is 17.0. The van der Waals surface area contributed by atoms with Crippen LogP contribution in [0.3, 0.4) is 0 Å². The summed E-state index contributed by atoms with van der Waals surface area (Å²) in [6, 6.07) is 10.9. The molecule has 0 spiro atoms. The van der Waals surface area contributed by atoms with Crippen molar-refractivity contribution in [1.82, 2.24) is 5.32 Å². The summed E-state index contributed by atoms with van der Waals surface area (Å²) in [5, 5.41) is 3.07. The van der Waals surface area contributed by atoms with Crippen LogP contribution < -0.4 is 16.0 Å². The van der Waals surface area contributed by atoms with Gasteiger partial charge in [0, 0.05) is 23.2 Å². The van der Waals surface area contributed by atoms with Crippen LogP contribution >= 0.6 is 11.6 Å². The van der Waals surface area contributed by atoms with Gasteiger partial charge in [-0.1, -0.05) is 43.7 Å². The summed E-state index contributed by atoms with van der Waals surface area (Å²) in [5.74, 6) is -3.76. The SMILES string of the molecule is C=CC[C@H](C(N)=O)[C@@H](CC(C)C)C(=O)N[C@@H]1N=C(c2ccccc2F)c2cc(Cl)ccc2N(C)C1=O. The van der Waals surface area contributed by atoms with Gasteiger partial charge in [-0.05, 0) is 49.1 Å². The minimum Gasteiger partial charge on any atom is -0.369 e. The number of halogens is 2. The molecule has 1 heterocycles. The maximum atomic E-state index is 14.9. The lowest BCUT2D eigenvalue weighted by Crippen LogP contribution is -2.50. The molecular formula is C27H30ClFN4O3. The first-order valence-corrected chi connectivity index (χ1v) is 12.0. The molecule has 7 nitrogen and oxygen atoms in total. The topological polar surface area (TPSA) is 105 Å². The van der Waals surface area contributed by atoms with E-state index in [4.69, 9.17) is 17.3 Å². The zero-order valence-corrected chi connectivity index (χ0v) is 21.3. The Hall–Kier alpha value is -3.52. The predicted octanol–water partition coefficient (Wildman–Crippen LogP) is 4.08. The molecule has 0 bridgehead atoms. The first kappa shape index (κ1) is 27.1. The van der Waals surface area contributed by atoms with Crippen LogP contribution in [0.5, 0.6) is 0 Å². The molecule has 3 N–H and O–H groups in total. The van der Waals surface area contributed by atoms with Crippen molar-refractivity contribution in [1.29, 1.82) is 0 Å². The largest absolute Gasteiger partial charge is 0.369 e. The van der Waals surface area contributed by atoms with Gasteiger partial charge in [-0.25, -0.2) is 9.38 Å². The van der Waals surface area contributed by atoms with E-state index in [9.17, 15) is 18.8 Å². The van der Waals surface area contributed by atoms with E-state index >= 15 is 0 Å². The molecule has 0 aliphatic carbocycles. The fourth-order valence-electron chi connectivity index (χ4n) is 4.37. The predicted molar refractivity (Wildman–Crippen MR) is 139 cm³/mol. The molecule has 190 valence electrons. The number of nitrogens with zero attached hydrogens (tertiary/aromatic N) is 2. The summed E-state index contributed by atoms with van der Waals surface area (Å²) in [6.45, 7) is 7.51. The number of carbonyl (C=O) groups excluding carboxylic acids is 3. The number of hydrogen-bond donors (Lipinski definition) is 2. The van der Waals surface area contributed by atoms with Crippen LogP contribution in [0.25, 0.3) is 0 Å². The number of nitrogens with two attached hydrogens (primary N) is 1. The van der Waals surface area contributed by atoms with Crippen molar-refractivity contribution in [2.75, 3.05) is 11.9 Å². The maximum absolute atomic E-state index is 14.9. The highest BCUT2D eigenvalue weighted by atomic mass is 35.5. The normalized spacial score (nSPS) is 17.1. The molecule has 1 aliphatic heterocycles. The van der Waals surface area contributed by atoms with Crippen LogP contribution in [-0.4, -0.2) is 36.6 Å². The highest BCUT2D eigenvalue weighted by Gasteiger charge is 2.37. The van der Waals surface area contributed by atoms with Crippen LogP contribution in [0.4, 0.5) is 10.1 Å². The van der Waals surface area contributed by atoms with E-state index in [1.165, 1.54) is 17.0 Å². The Morgan fingerprint density at radius 2 is 1.92 bits per heavy atom. The third-order valence-electron chi connectivity index (χ3n) is 6.14. The summed E-state index contributed by atoms with van der Waals surface area (Å²) < 4.78 is 14.9. The molecule has 0 saturated heterocycles. The number of fused-ring (bicyclic) bond motifs is 1. The average molecular weight is 513 g/mol. The molecule has 0 saturated carbocycles. The highest BCUT2D eigenvalue weighted by Crippen LogP contribution is 2.31. The standard InChI is InChI=1S/C27H30ClFN4O3/c1-5-8-17(24(30)34)19(13-15(2)3)26(35)32-25-27(36)33(4)22-12-11-16(28)14-20(22)23(31-25)18-9-6-7-10-21(18)29/h5-7,9-12,14-15,17,19,25H,1,8,13H2,2-4H3,(H2,30,34)(H,32,35)/t17-,19+,25-/m0/s1. The Kier molecular flexibility index (Phi) is 8.63. The van der Waals surface area contributed by atoms with Gasteiger partial charge in [0.05, 0.1) is 23.2 Å². The molecule has 2 aromatic rings. The second kappa shape index (κ2) is 11.5. The van der Waals surface area contributed by atoms with Gasteiger partial charge in [0.15, 0.2) is 0 Å². The number of primary amides is 1. The molecule has 2 aromatic carbocycles. The molecule has 0 unspecified atom stereocenters. The number of benzene rings is 2. The van der Waals surface area contributed by atoms with Gasteiger partial charge in [0.25, 0.3) is 5.91 Å². The van der Waals surface area contributed by atoms with E-state index in [-0.39, 0.29) is 23.6 Å². The lowest BCUT2D eigenvalue weighted by atomic mass is 9.82. The molecule has 3 atom stereocenters. The number of aliphatic imine (C=N–C) groups is 1. The van der Waals surface area contributed by atoms with Crippen molar-refractivity contribution in [3.05, 3.63) is 77.1 Å². The number of rotatable bonds is 9. The zero-order valence-electron chi connectivity index (χ0n) is 20.5. The summed E-state index contributed by atoms with van der Waals surface area (Å²) in [6.07, 6.45) is 0.751. The fourth-order valence-corrected chi connectivity index (χ4v) is 4.54. The van der Waals surface area contributed by atoms with Gasteiger partial charge in [0.1, 0.15) is 5.82 Å². The summed E-state index contributed by atoms with van der Waals surface area (Å²) in [5.41, 5.74) is 6.84. The molecular weight excluding hydrogens is 483 g/mol. The van der Waals surface area contributed by atoms with Crippen LogP contribution in [0, 0.1) is 23.6 Å². The number of amides is 3. The molecule has 3 amide bonds. The fraction of sp³-hybridized carbons (Fsp3) is 0.333. The van der Waals surface area contributed by atoms with E-state index < -0.39 is 41.5 Å². The van der Waals surface area contributed by atoms with Crippen LogP contribution in [0.2, 0.25) is 5.02 Å². The number of benzodiazepines with no additional fused rings is 1. The van der Waals surface area contributed by atoms with Crippen LogP contribution in [-0.2, 0) is 14.4 Å². The summed E-state index contributed by atoms with van der Waals surface area (Å²) in [7, 11) is 1.55. The van der Waals surface area contributed by atoms with Gasteiger partial charge in [-0.2, -0.15) is 0 Å². The monoisotopic (exact) mass is 512 g/mol. The Bertz CT molecular complexity index is 1210. The van der Waals surface area contributed by atoms with Gasteiger partial charge < -0.3 is 16.0 Å². The molecule has 9 heteroatoms. The highest BCUT2D eigenvalue weighted by molar-refractivity contribution is 6.32. The van der Waals surface area contributed by atoms with Gasteiger partial charge in [-0.15, -0.1) is 6.58 Å². The Labute approximate surface area is 215 Å². The second-order valence-corrected chi connectivity index (χ2v) is 9.63. The van der Waals surface area contributed by atoms with Crippen LogP contribution in [0.1, 0.15) is 37.8 Å². The lowest BCUT2D eigenvalue weighted by molar-refractivity contribution is -0.135. The minimum atomic E-state index is -1.37. The summed E-state index contributed by atoms with van der Waals surface area (Å²) >= 11 is 6.24. The number of allylic oxidation sites excluding steroid dienone is 1. The molecule has 0 aromatic heterocycles. The zero-order chi connectivity index (χ0) is 26.6. The Balaban J connectivity index is 2.10. The number of nitrogens with one attached hydrogen (secondary N) is 1. The van der Waals surface area contributed by atoms with Crippen molar-refractivity contribution in [2.45, 2.75) is 32.9 Å². The van der Waals surface area contributed by atoms with Crippen molar-refractivity contribution in [2.24, 2.45) is 28.5 Å². The molecule has 1 aliphatic rings. The number of likely N-dealkylation sites (N-methyl/N-ethyl adjacent to an activating group) is 1. The van der Waals surface area contributed by atoms with Gasteiger partial charge in [-0.3, -0.25) is 14.4 Å². The van der Waals surface area contributed by atoms with Crippen molar-refractivity contribution in [3.8, 4) is 0 Å². The first-order valence-electron chi connectivity index (χ1n) is 11.7. The molecule has 3 rings (SSSR count). The number of hydrogen-bond acceptors (Lipinski definition) is 4. The van der Waals surface area contributed by atoms with Crippen molar-refractivity contribution < 1.29 is 18.8 Å². The summed E-state index contributed by atoms with van der Waals surface area (Å²) in [4.78, 5) is 45.0. The number of carbonyl (C=O) groups is 3. The Morgan fingerprint density at radius 3 is 2.53 bits per heavy atom. The van der Waals surface area contributed by atoms with E-state index in [2.05, 4.69) is 16.9 Å². The average Bonchev–Trinajstić information content (AvgIpc) is 2.91. The smallest absolute Gasteiger partial charge is 0.272 e.